The molecule has 1 fully saturated rings. The van der Waals surface area contributed by atoms with Crippen molar-refractivity contribution in [1.82, 2.24) is 4.90 Å². The lowest BCUT2D eigenvalue weighted by molar-refractivity contribution is 0.275. The molecule has 0 spiro atoms. The molecule has 0 N–H and O–H groups in total. The zero-order valence-corrected chi connectivity index (χ0v) is 9.58. The van der Waals surface area contributed by atoms with E-state index >= 15 is 0 Å². The summed E-state index contributed by atoms with van der Waals surface area (Å²) in [4.78, 5) is 2.29. The fraction of sp³-hybridized carbons (Fsp3) is 0.462. The minimum atomic E-state index is -0.494. The zero-order chi connectivity index (χ0) is 11.7. The van der Waals surface area contributed by atoms with Crippen LogP contribution in [-0.4, -0.2) is 24.0 Å². The Hall–Kier alpha value is -0.960. The molecule has 1 aliphatic heterocycles. The molecule has 1 atom stereocenters. The van der Waals surface area contributed by atoms with Gasteiger partial charge < -0.3 is 4.90 Å². The average molecular weight is 224 g/mol. The molecule has 1 nitrogen and oxygen atoms in total. The molecule has 3 heteroatoms. The minimum Gasteiger partial charge on any atom is -0.300 e. The molecule has 87 valence electrons. The van der Waals surface area contributed by atoms with Gasteiger partial charge in [0, 0.05) is 31.1 Å². The monoisotopic (exact) mass is 224 g/mol. The smallest absolute Gasteiger partial charge is 0.126 e. The van der Waals surface area contributed by atoms with E-state index < -0.39 is 11.6 Å². The molecule has 0 saturated carbocycles. The van der Waals surface area contributed by atoms with Crippen molar-refractivity contribution in [3.05, 3.63) is 41.8 Å². The van der Waals surface area contributed by atoms with E-state index in [1.54, 1.807) is 0 Å². The third-order valence-corrected chi connectivity index (χ3v) is 3.10. The first-order chi connectivity index (χ1) is 7.56. The van der Waals surface area contributed by atoms with E-state index in [4.69, 9.17) is 0 Å². The third kappa shape index (κ3) is 2.40. The molecule has 0 amide bonds. The summed E-state index contributed by atoms with van der Waals surface area (Å²) in [6.07, 6.45) is 2.12. The fourth-order valence-electron chi connectivity index (χ4n) is 2.12. The molecule has 1 saturated heterocycles. The van der Waals surface area contributed by atoms with Crippen LogP contribution >= 0.6 is 0 Å². The van der Waals surface area contributed by atoms with Crippen molar-refractivity contribution in [3.8, 4) is 0 Å². The molecule has 1 heterocycles. The van der Waals surface area contributed by atoms with Crippen molar-refractivity contribution in [2.24, 2.45) is 0 Å². The Kier molecular flexibility index (Phi) is 3.24. The second-order valence-corrected chi connectivity index (χ2v) is 4.59. The van der Waals surface area contributed by atoms with Crippen LogP contribution in [0.1, 0.15) is 25.3 Å². The molecule has 1 aromatic rings. The second-order valence-electron chi connectivity index (χ2n) is 4.59. The predicted octanol–water partition coefficient (Wildman–Crippen LogP) is 2.98. The second kappa shape index (κ2) is 4.50. The Balaban J connectivity index is 2.14. The third-order valence-electron chi connectivity index (χ3n) is 3.10. The predicted molar refractivity (Wildman–Crippen MR) is 60.1 cm³/mol. The Labute approximate surface area is 95.1 Å². The minimum absolute atomic E-state index is 0.146. The highest BCUT2D eigenvalue weighted by Gasteiger charge is 2.26. The normalized spacial score (nSPS) is 21.9. The Morgan fingerprint density at radius 1 is 1.19 bits per heavy atom. The van der Waals surface area contributed by atoms with Crippen molar-refractivity contribution < 1.29 is 8.78 Å². The maximum absolute atomic E-state index is 13.1. The van der Waals surface area contributed by atoms with Crippen LogP contribution in [0.4, 0.5) is 8.78 Å². The summed E-state index contributed by atoms with van der Waals surface area (Å²) in [7, 11) is 0. The van der Waals surface area contributed by atoms with Gasteiger partial charge in [-0.25, -0.2) is 8.78 Å². The van der Waals surface area contributed by atoms with E-state index in [2.05, 4.69) is 25.2 Å². The highest BCUT2D eigenvalue weighted by atomic mass is 19.1. The van der Waals surface area contributed by atoms with E-state index in [0.29, 0.717) is 6.04 Å². The number of halogens is 2. The SMILES string of the molecule is CC(C)N1C[CH]C(c2cc(F)cc(F)c2)C1. The van der Waals surface area contributed by atoms with E-state index in [1.807, 2.05) is 0 Å². The summed E-state index contributed by atoms with van der Waals surface area (Å²) in [5, 5.41) is 0. The first-order valence-electron chi connectivity index (χ1n) is 5.59. The first-order valence-corrected chi connectivity index (χ1v) is 5.59. The van der Waals surface area contributed by atoms with E-state index in [0.717, 1.165) is 24.7 Å². The van der Waals surface area contributed by atoms with Crippen LogP contribution in [0, 0.1) is 18.1 Å². The van der Waals surface area contributed by atoms with Gasteiger partial charge in [-0.3, -0.25) is 0 Å². The first kappa shape index (κ1) is 11.5. The van der Waals surface area contributed by atoms with Gasteiger partial charge in [0.05, 0.1) is 0 Å². The van der Waals surface area contributed by atoms with E-state index in [1.165, 1.54) is 12.1 Å². The molecule has 1 unspecified atom stereocenters. The molecule has 0 aliphatic carbocycles. The van der Waals surface area contributed by atoms with Gasteiger partial charge in [-0.05, 0) is 38.0 Å². The van der Waals surface area contributed by atoms with Crippen molar-refractivity contribution in [2.45, 2.75) is 25.8 Å². The van der Waals surface area contributed by atoms with Crippen LogP contribution < -0.4 is 0 Å². The average Bonchev–Trinajstić information content (AvgIpc) is 2.64. The summed E-state index contributed by atoms with van der Waals surface area (Å²) < 4.78 is 26.1. The van der Waals surface area contributed by atoms with Crippen molar-refractivity contribution in [2.75, 3.05) is 13.1 Å². The van der Waals surface area contributed by atoms with Gasteiger partial charge in [-0.2, -0.15) is 0 Å². The molecule has 1 radical (unpaired) electrons. The molecule has 0 bridgehead atoms. The topological polar surface area (TPSA) is 3.24 Å². The van der Waals surface area contributed by atoms with Crippen molar-refractivity contribution in [3.63, 3.8) is 0 Å². The Morgan fingerprint density at radius 2 is 1.81 bits per heavy atom. The van der Waals surface area contributed by atoms with Gasteiger partial charge in [0.25, 0.3) is 0 Å². The maximum atomic E-state index is 13.1. The van der Waals surface area contributed by atoms with Gasteiger partial charge in [0.1, 0.15) is 11.6 Å². The molecule has 0 aromatic heterocycles. The number of nitrogens with zero attached hydrogens (tertiary/aromatic N) is 1. The highest BCUT2D eigenvalue weighted by molar-refractivity contribution is 5.26. The largest absolute Gasteiger partial charge is 0.300 e. The molecule has 1 aliphatic rings. The maximum Gasteiger partial charge on any atom is 0.126 e. The fourth-order valence-corrected chi connectivity index (χ4v) is 2.12. The van der Waals surface area contributed by atoms with Gasteiger partial charge >= 0.3 is 0 Å². The summed E-state index contributed by atoms with van der Waals surface area (Å²) in [6.45, 7) is 5.99. The summed E-state index contributed by atoms with van der Waals surface area (Å²) in [6, 6.07) is 4.24. The molecule has 2 rings (SSSR count). The lowest BCUT2D eigenvalue weighted by atomic mass is 9.98. The summed E-state index contributed by atoms with van der Waals surface area (Å²) >= 11 is 0. The van der Waals surface area contributed by atoms with Crippen molar-refractivity contribution >= 4 is 0 Å². The van der Waals surface area contributed by atoms with Crippen LogP contribution in [-0.2, 0) is 0 Å². The molecule has 16 heavy (non-hydrogen) atoms. The summed E-state index contributed by atoms with van der Waals surface area (Å²) in [5.74, 6) is -0.842. The standard InChI is InChI=1S/C13H16F2N/c1-9(2)16-4-3-10(8-16)11-5-12(14)7-13(15)6-11/h3,5-7,9-10H,4,8H2,1-2H3. The van der Waals surface area contributed by atoms with Gasteiger partial charge in [0.15, 0.2) is 0 Å². The number of hydrogen-bond donors (Lipinski definition) is 0. The number of hydrogen-bond acceptors (Lipinski definition) is 1. The highest BCUT2D eigenvalue weighted by Crippen LogP contribution is 2.28. The van der Waals surface area contributed by atoms with Crippen LogP contribution in [0.2, 0.25) is 0 Å². The molecular formula is C13H16F2N. The number of rotatable bonds is 2. The lowest BCUT2D eigenvalue weighted by Gasteiger charge is -2.20. The van der Waals surface area contributed by atoms with E-state index in [9.17, 15) is 8.78 Å². The van der Waals surface area contributed by atoms with Crippen LogP contribution in [0.5, 0.6) is 0 Å². The quantitative estimate of drug-likeness (QED) is 0.746. The van der Waals surface area contributed by atoms with Gasteiger partial charge in [0.2, 0.25) is 0 Å². The van der Waals surface area contributed by atoms with Gasteiger partial charge in [-0.1, -0.05) is 0 Å². The summed E-state index contributed by atoms with van der Waals surface area (Å²) in [5.41, 5.74) is 0.737. The van der Waals surface area contributed by atoms with Crippen LogP contribution in [0.3, 0.4) is 0 Å². The molecule has 1 aromatic carbocycles. The van der Waals surface area contributed by atoms with E-state index in [-0.39, 0.29) is 5.92 Å². The van der Waals surface area contributed by atoms with Crippen LogP contribution in [0.15, 0.2) is 18.2 Å². The van der Waals surface area contributed by atoms with Crippen molar-refractivity contribution in [1.29, 1.82) is 0 Å². The zero-order valence-electron chi connectivity index (χ0n) is 9.58. The molecular weight excluding hydrogens is 208 g/mol. The van der Waals surface area contributed by atoms with Gasteiger partial charge in [-0.15, -0.1) is 0 Å². The number of benzene rings is 1. The Bertz CT molecular complexity index is 356. The number of likely N-dealkylation sites (tertiary alicyclic amines) is 1. The van der Waals surface area contributed by atoms with Crippen LogP contribution in [0.25, 0.3) is 0 Å². The Morgan fingerprint density at radius 3 is 2.31 bits per heavy atom. The lowest BCUT2D eigenvalue weighted by Crippen LogP contribution is -2.27.